The molecule has 1 aromatic carbocycles. The lowest BCUT2D eigenvalue weighted by Crippen LogP contribution is -2.39. The minimum absolute atomic E-state index is 0.144. The van der Waals surface area contributed by atoms with Crippen molar-refractivity contribution in [1.82, 2.24) is 10.2 Å². The van der Waals surface area contributed by atoms with E-state index in [1.54, 1.807) is 11.3 Å². The highest BCUT2D eigenvalue weighted by Gasteiger charge is 2.16. The van der Waals surface area contributed by atoms with Crippen molar-refractivity contribution in [2.45, 2.75) is 39.9 Å². The lowest BCUT2D eigenvalue weighted by molar-refractivity contribution is -0.131. The van der Waals surface area contributed by atoms with Gasteiger partial charge in [-0.25, -0.2) is 0 Å². The van der Waals surface area contributed by atoms with Crippen LogP contribution in [-0.2, 0) is 17.9 Å². The Kier molecular flexibility index (Phi) is 6.16. The molecule has 0 aliphatic heterocycles. The SMILES string of the molecule is Cc1ccsc1CN(Cc1ccccc1)C(=O)CNC(C)C. The van der Waals surface area contributed by atoms with Crippen LogP contribution in [0.3, 0.4) is 0 Å². The van der Waals surface area contributed by atoms with Gasteiger partial charge in [0.1, 0.15) is 0 Å². The fourth-order valence-corrected chi connectivity index (χ4v) is 3.10. The quantitative estimate of drug-likeness (QED) is 0.847. The van der Waals surface area contributed by atoms with Crippen molar-refractivity contribution in [3.8, 4) is 0 Å². The zero-order chi connectivity index (χ0) is 15.9. The maximum absolute atomic E-state index is 12.6. The van der Waals surface area contributed by atoms with Crippen molar-refractivity contribution < 1.29 is 4.79 Å². The second-order valence-corrected chi connectivity index (χ2v) is 6.80. The minimum atomic E-state index is 0.144. The summed E-state index contributed by atoms with van der Waals surface area (Å²) in [4.78, 5) is 15.7. The Bertz CT molecular complexity index is 592. The lowest BCUT2D eigenvalue weighted by Gasteiger charge is -2.23. The van der Waals surface area contributed by atoms with E-state index in [1.807, 2.05) is 23.1 Å². The maximum Gasteiger partial charge on any atom is 0.237 e. The van der Waals surface area contributed by atoms with Gasteiger partial charge in [0.25, 0.3) is 0 Å². The van der Waals surface area contributed by atoms with Crippen molar-refractivity contribution in [2.75, 3.05) is 6.54 Å². The first kappa shape index (κ1) is 16.7. The Hall–Kier alpha value is -1.65. The van der Waals surface area contributed by atoms with Crippen LogP contribution in [0.25, 0.3) is 0 Å². The van der Waals surface area contributed by atoms with E-state index in [4.69, 9.17) is 0 Å². The van der Waals surface area contributed by atoms with Crippen LogP contribution in [0.5, 0.6) is 0 Å². The molecule has 3 nitrogen and oxygen atoms in total. The summed E-state index contributed by atoms with van der Waals surface area (Å²) in [6.07, 6.45) is 0. The molecule has 0 aliphatic carbocycles. The van der Waals surface area contributed by atoms with Gasteiger partial charge >= 0.3 is 0 Å². The summed E-state index contributed by atoms with van der Waals surface area (Å²) in [7, 11) is 0. The standard InChI is InChI=1S/C18H24N2OS/c1-14(2)19-11-18(21)20(12-16-7-5-4-6-8-16)13-17-15(3)9-10-22-17/h4-10,14,19H,11-13H2,1-3H3. The van der Waals surface area contributed by atoms with Crippen LogP contribution in [-0.4, -0.2) is 23.4 Å². The maximum atomic E-state index is 12.6. The minimum Gasteiger partial charge on any atom is -0.332 e. The molecule has 0 aliphatic rings. The van der Waals surface area contributed by atoms with Crippen molar-refractivity contribution in [3.63, 3.8) is 0 Å². The summed E-state index contributed by atoms with van der Waals surface area (Å²) in [5.41, 5.74) is 2.42. The summed E-state index contributed by atoms with van der Waals surface area (Å²) >= 11 is 1.72. The number of thiophene rings is 1. The molecule has 0 saturated heterocycles. The Morgan fingerprint density at radius 2 is 1.91 bits per heavy atom. The Morgan fingerprint density at radius 3 is 2.50 bits per heavy atom. The zero-order valence-corrected chi connectivity index (χ0v) is 14.3. The molecular weight excluding hydrogens is 292 g/mol. The summed E-state index contributed by atoms with van der Waals surface area (Å²) in [6, 6.07) is 12.6. The summed E-state index contributed by atoms with van der Waals surface area (Å²) < 4.78 is 0. The number of rotatable bonds is 7. The van der Waals surface area contributed by atoms with Gasteiger partial charge in [0.2, 0.25) is 5.91 Å². The van der Waals surface area contributed by atoms with E-state index in [1.165, 1.54) is 10.4 Å². The number of hydrogen-bond donors (Lipinski definition) is 1. The van der Waals surface area contributed by atoms with Crippen LogP contribution in [0.4, 0.5) is 0 Å². The van der Waals surface area contributed by atoms with Crippen LogP contribution < -0.4 is 5.32 Å². The van der Waals surface area contributed by atoms with Gasteiger partial charge in [0.15, 0.2) is 0 Å². The van der Waals surface area contributed by atoms with Gasteiger partial charge < -0.3 is 10.2 Å². The molecule has 0 saturated carbocycles. The highest BCUT2D eigenvalue weighted by Crippen LogP contribution is 2.19. The van der Waals surface area contributed by atoms with E-state index < -0.39 is 0 Å². The molecule has 1 amide bonds. The van der Waals surface area contributed by atoms with Crippen LogP contribution in [0, 0.1) is 6.92 Å². The van der Waals surface area contributed by atoms with Crippen LogP contribution >= 0.6 is 11.3 Å². The Morgan fingerprint density at radius 1 is 1.18 bits per heavy atom. The number of nitrogens with one attached hydrogen (secondary N) is 1. The third-order valence-corrected chi connectivity index (χ3v) is 4.54. The molecule has 0 unspecified atom stereocenters. The van der Waals surface area contributed by atoms with Crippen LogP contribution in [0.2, 0.25) is 0 Å². The number of carbonyl (C=O) groups excluding carboxylic acids is 1. The first-order valence-electron chi connectivity index (χ1n) is 7.64. The smallest absolute Gasteiger partial charge is 0.237 e. The molecule has 0 bridgehead atoms. The third kappa shape index (κ3) is 4.97. The van der Waals surface area contributed by atoms with Gasteiger partial charge in [0, 0.05) is 17.5 Å². The molecule has 118 valence electrons. The zero-order valence-electron chi connectivity index (χ0n) is 13.5. The monoisotopic (exact) mass is 316 g/mol. The van der Waals surface area contributed by atoms with E-state index in [-0.39, 0.29) is 5.91 Å². The molecule has 4 heteroatoms. The predicted molar refractivity (Wildman–Crippen MR) is 92.9 cm³/mol. The van der Waals surface area contributed by atoms with Gasteiger partial charge in [-0.15, -0.1) is 11.3 Å². The molecule has 2 aromatic rings. The summed E-state index contributed by atoms with van der Waals surface area (Å²) in [5, 5.41) is 5.30. The molecule has 0 radical (unpaired) electrons. The van der Waals surface area contributed by atoms with Crippen LogP contribution in [0.15, 0.2) is 41.8 Å². The highest BCUT2D eigenvalue weighted by atomic mass is 32.1. The number of hydrogen-bond acceptors (Lipinski definition) is 3. The molecular formula is C18H24N2OS. The molecule has 1 N–H and O–H groups in total. The third-order valence-electron chi connectivity index (χ3n) is 3.53. The Balaban J connectivity index is 2.09. The van der Waals surface area contributed by atoms with E-state index in [9.17, 15) is 4.79 Å². The second kappa shape index (κ2) is 8.11. The molecule has 1 aromatic heterocycles. The van der Waals surface area contributed by atoms with E-state index in [0.717, 1.165) is 5.56 Å². The van der Waals surface area contributed by atoms with Gasteiger partial charge in [0.05, 0.1) is 13.1 Å². The second-order valence-electron chi connectivity index (χ2n) is 5.80. The number of nitrogens with zero attached hydrogens (tertiary/aromatic N) is 1. The van der Waals surface area contributed by atoms with Crippen molar-refractivity contribution in [2.24, 2.45) is 0 Å². The van der Waals surface area contributed by atoms with E-state index in [0.29, 0.717) is 25.7 Å². The lowest BCUT2D eigenvalue weighted by atomic mass is 10.2. The number of benzene rings is 1. The van der Waals surface area contributed by atoms with Gasteiger partial charge in [-0.2, -0.15) is 0 Å². The van der Waals surface area contributed by atoms with Crippen LogP contribution in [0.1, 0.15) is 29.9 Å². The number of aryl methyl sites for hydroxylation is 1. The molecule has 1 heterocycles. The van der Waals surface area contributed by atoms with Crippen molar-refractivity contribution >= 4 is 17.2 Å². The van der Waals surface area contributed by atoms with Gasteiger partial charge in [-0.3, -0.25) is 4.79 Å². The highest BCUT2D eigenvalue weighted by molar-refractivity contribution is 7.10. The summed E-state index contributed by atoms with van der Waals surface area (Å²) in [5.74, 6) is 0.144. The summed E-state index contributed by atoms with van der Waals surface area (Å²) in [6.45, 7) is 7.92. The van der Waals surface area contributed by atoms with Gasteiger partial charge in [-0.05, 0) is 29.5 Å². The average Bonchev–Trinajstić information content (AvgIpc) is 2.90. The molecule has 22 heavy (non-hydrogen) atoms. The molecule has 2 rings (SSSR count). The molecule has 0 fully saturated rings. The average molecular weight is 316 g/mol. The number of carbonyl (C=O) groups is 1. The predicted octanol–water partition coefficient (Wildman–Crippen LogP) is 3.58. The largest absolute Gasteiger partial charge is 0.332 e. The fourth-order valence-electron chi connectivity index (χ4n) is 2.18. The van der Waals surface area contributed by atoms with E-state index >= 15 is 0 Å². The normalized spacial score (nSPS) is 10.9. The number of amides is 1. The van der Waals surface area contributed by atoms with Gasteiger partial charge in [-0.1, -0.05) is 44.2 Å². The fraction of sp³-hybridized carbons (Fsp3) is 0.389. The first-order chi connectivity index (χ1) is 10.6. The molecule has 0 spiro atoms. The topological polar surface area (TPSA) is 32.3 Å². The van der Waals surface area contributed by atoms with Crippen molar-refractivity contribution in [3.05, 3.63) is 57.8 Å². The Labute approximate surface area is 137 Å². The molecule has 0 atom stereocenters. The van der Waals surface area contributed by atoms with E-state index in [2.05, 4.69) is 49.7 Å². The first-order valence-corrected chi connectivity index (χ1v) is 8.52. The van der Waals surface area contributed by atoms with Crippen molar-refractivity contribution in [1.29, 1.82) is 0 Å².